The molecule has 0 saturated carbocycles. The van der Waals surface area contributed by atoms with Gasteiger partial charge >= 0.3 is 0 Å². The van der Waals surface area contributed by atoms with Crippen molar-refractivity contribution in [1.82, 2.24) is 4.98 Å². The Balaban J connectivity index is 2.46. The lowest BCUT2D eigenvalue weighted by atomic mass is 10.1. The summed E-state index contributed by atoms with van der Waals surface area (Å²) >= 11 is 0. The van der Waals surface area contributed by atoms with Gasteiger partial charge in [-0.2, -0.15) is 4.39 Å². The molecule has 20 heavy (non-hydrogen) atoms. The highest BCUT2D eigenvalue weighted by Crippen LogP contribution is 2.29. The number of nitrogens with two attached hydrogens (primary N) is 1. The number of hydrogen-bond donors (Lipinski definition) is 1. The van der Waals surface area contributed by atoms with Crippen molar-refractivity contribution in [2.75, 3.05) is 0 Å². The number of pyridine rings is 1. The van der Waals surface area contributed by atoms with E-state index in [0.717, 1.165) is 6.07 Å². The van der Waals surface area contributed by atoms with Crippen LogP contribution in [0.4, 0.5) is 8.78 Å². The van der Waals surface area contributed by atoms with Gasteiger partial charge in [0.1, 0.15) is 11.4 Å². The lowest BCUT2D eigenvalue weighted by Gasteiger charge is -2.12. The molecule has 2 rings (SSSR count). The third-order valence-corrected chi connectivity index (χ3v) is 2.74. The van der Waals surface area contributed by atoms with Crippen LogP contribution in [0.3, 0.4) is 0 Å². The summed E-state index contributed by atoms with van der Waals surface area (Å²) in [5, 5.41) is 0. The van der Waals surface area contributed by atoms with Crippen LogP contribution in [0.5, 0.6) is 11.5 Å². The molecule has 0 saturated heterocycles. The van der Waals surface area contributed by atoms with E-state index in [1.165, 1.54) is 24.4 Å². The number of hydrogen-bond acceptors (Lipinski definition) is 3. The highest BCUT2D eigenvalue weighted by Gasteiger charge is 2.16. The van der Waals surface area contributed by atoms with Crippen LogP contribution in [0.25, 0.3) is 0 Å². The number of nitrogens with zero attached hydrogens (tertiary/aromatic N) is 1. The molecule has 0 radical (unpaired) electrons. The zero-order valence-electron chi connectivity index (χ0n) is 10.7. The number of ether oxygens (including phenoxy) is 1. The van der Waals surface area contributed by atoms with E-state index in [4.69, 9.17) is 10.5 Å². The summed E-state index contributed by atoms with van der Waals surface area (Å²) in [5.74, 6) is -2.84. The maximum atomic E-state index is 13.6. The van der Waals surface area contributed by atoms with Gasteiger partial charge in [-0.25, -0.2) is 4.39 Å². The van der Waals surface area contributed by atoms with Crippen LogP contribution in [0.15, 0.2) is 30.5 Å². The molecular weight excluding hydrogens is 266 g/mol. The van der Waals surface area contributed by atoms with Gasteiger partial charge < -0.3 is 10.5 Å². The smallest absolute Gasteiger partial charge is 0.267 e. The van der Waals surface area contributed by atoms with E-state index in [0.29, 0.717) is 12.0 Å². The third kappa shape index (κ3) is 2.59. The Bertz CT molecular complexity index is 660. The summed E-state index contributed by atoms with van der Waals surface area (Å²) in [7, 11) is 0. The second kappa shape index (κ2) is 5.64. The number of carbonyl (C=O) groups is 1. The topological polar surface area (TPSA) is 65.2 Å². The Kier molecular flexibility index (Phi) is 3.93. The molecule has 0 aliphatic rings. The molecule has 0 bridgehead atoms. The van der Waals surface area contributed by atoms with Crippen molar-refractivity contribution in [3.8, 4) is 11.5 Å². The van der Waals surface area contributed by atoms with E-state index in [-0.39, 0.29) is 17.2 Å². The molecule has 0 aliphatic heterocycles. The molecule has 1 amide bonds. The van der Waals surface area contributed by atoms with E-state index in [1.807, 2.05) is 0 Å². The minimum absolute atomic E-state index is 0.0572. The van der Waals surface area contributed by atoms with E-state index in [9.17, 15) is 13.6 Å². The fraction of sp³-hybridized carbons (Fsp3) is 0.143. The molecule has 2 N–H and O–H groups in total. The van der Waals surface area contributed by atoms with Gasteiger partial charge in [0.15, 0.2) is 11.6 Å². The lowest BCUT2D eigenvalue weighted by Crippen LogP contribution is -2.16. The Morgan fingerprint density at radius 3 is 2.70 bits per heavy atom. The third-order valence-electron chi connectivity index (χ3n) is 2.74. The summed E-state index contributed by atoms with van der Waals surface area (Å²) < 4.78 is 32.0. The molecule has 4 nitrogen and oxygen atoms in total. The fourth-order valence-electron chi connectivity index (χ4n) is 1.81. The fourth-order valence-corrected chi connectivity index (χ4v) is 1.81. The van der Waals surface area contributed by atoms with Crippen LogP contribution in [0, 0.1) is 11.6 Å². The van der Waals surface area contributed by atoms with Crippen LogP contribution in [-0.2, 0) is 6.42 Å². The summed E-state index contributed by atoms with van der Waals surface area (Å²) in [6.45, 7) is 1.78. The number of halogens is 2. The number of aromatic nitrogens is 1. The monoisotopic (exact) mass is 278 g/mol. The highest BCUT2D eigenvalue weighted by molar-refractivity contribution is 5.92. The molecule has 6 heteroatoms. The first-order chi connectivity index (χ1) is 9.54. The summed E-state index contributed by atoms with van der Waals surface area (Å²) in [5.41, 5.74) is 5.72. The number of amides is 1. The molecule has 104 valence electrons. The van der Waals surface area contributed by atoms with Crippen molar-refractivity contribution < 1.29 is 18.3 Å². The number of carbonyl (C=O) groups excluding carboxylic acids is 1. The van der Waals surface area contributed by atoms with Crippen molar-refractivity contribution in [3.05, 3.63) is 53.4 Å². The molecule has 2 aromatic rings. The van der Waals surface area contributed by atoms with Gasteiger partial charge in [-0.3, -0.25) is 9.78 Å². The molecular formula is C14H12F2N2O2. The van der Waals surface area contributed by atoms with Gasteiger partial charge in [0.2, 0.25) is 5.82 Å². The van der Waals surface area contributed by atoms with Gasteiger partial charge in [-0.05, 0) is 24.6 Å². The Morgan fingerprint density at radius 1 is 1.30 bits per heavy atom. The largest absolute Gasteiger partial charge is 0.454 e. The molecule has 1 aromatic carbocycles. The van der Waals surface area contributed by atoms with E-state index < -0.39 is 17.5 Å². The van der Waals surface area contributed by atoms with Crippen molar-refractivity contribution >= 4 is 5.91 Å². The average molecular weight is 278 g/mol. The molecule has 1 heterocycles. The van der Waals surface area contributed by atoms with Gasteiger partial charge in [0.05, 0.1) is 0 Å². The highest BCUT2D eigenvalue weighted by atomic mass is 19.2. The predicted octanol–water partition coefficient (Wildman–Crippen LogP) is 2.81. The summed E-state index contributed by atoms with van der Waals surface area (Å²) in [6, 6.07) is 5.08. The lowest BCUT2D eigenvalue weighted by molar-refractivity contribution is 0.0994. The SMILES string of the molecule is CCc1c(Oc2cccc(F)c2F)ccnc1C(N)=O. The predicted molar refractivity (Wildman–Crippen MR) is 68.6 cm³/mol. The second-order valence-corrected chi connectivity index (χ2v) is 4.01. The minimum Gasteiger partial charge on any atom is -0.454 e. The number of rotatable bonds is 4. The van der Waals surface area contributed by atoms with Crippen LogP contribution >= 0.6 is 0 Å². The number of primary amides is 1. The Hall–Kier alpha value is -2.50. The molecule has 0 spiro atoms. The second-order valence-electron chi connectivity index (χ2n) is 4.01. The van der Waals surface area contributed by atoms with Crippen LogP contribution < -0.4 is 10.5 Å². The van der Waals surface area contributed by atoms with Crippen LogP contribution in [-0.4, -0.2) is 10.9 Å². The first-order valence-corrected chi connectivity index (χ1v) is 5.94. The average Bonchev–Trinajstić information content (AvgIpc) is 2.43. The van der Waals surface area contributed by atoms with Gasteiger partial charge in [0, 0.05) is 11.8 Å². The van der Waals surface area contributed by atoms with Gasteiger partial charge in [0.25, 0.3) is 5.91 Å². The number of benzene rings is 1. The van der Waals surface area contributed by atoms with Gasteiger partial charge in [-0.15, -0.1) is 0 Å². The van der Waals surface area contributed by atoms with Crippen molar-refractivity contribution in [1.29, 1.82) is 0 Å². The van der Waals surface area contributed by atoms with Gasteiger partial charge in [-0.1, -0.05) is 13.0 Å². The normalized spacial score (nSPS) is 10.3. The van der Waals surface area contributed by atoms with Crippen molar-refractivity contribution in [3.63, 3.8) is 0 Å². The standard InChI is InChI=1S/C14H12F2N2O2/c1-2-8-10(6-7-18-13(8)14(17)19)20-11-5-3-4-9(15)12(11)16/h3-7H,2H2,1H3,(H2,17,19). The summed E-state index contributed by atoms with van der Waals surface area (Å²) in [4.78, 5) is 15.1. The first kappa shape index (κ1) is 13.9. The first-order valence-electron chi connectivity index (χ1n) is 5.94. The summed E-state index contributed by atoms with van der Waals surface area (Å²) in [6.07, 6.45) is 1.74. The molecule has 0 fully saturated rings. The minimum atomic E-state index is -1.09. The van der Waals surface area contributed by atoms with Crippen molar-refractivity contribution in [2.45, 2.75) is 13.3 Å². The Morgan fingerprint density at radius 2 is 2.05 bits per heavy atom. The van der Waals surface area contributed by atoms with E-state index in [1.54, 1.807) is 6.92 Å². The maximum Gasteiger partial charge on any atom is 0.267 e. The molecule has 1 aromatic heterocycles. The van der Waals surface area contributed by atoms with Crippen molar-refractivity contribution in [2.24, 2.45) is 5.73 Å². The van der Waals surface area contributed by atoms with E-state index in [2.05, 4.69) is 4.98 Å². The quantitative estimate of drug-likeness (QED) is 0.935. The van der Waals surface area contributed by atoms with E-state index >= 15 is 0 Å². The molecule has 0 atom stereocenters. The molecule has 0 aliphatic carbocycles. The van der Waals surface area contributed by atoms with Crippen LogP contribution in [0.2, 0.25) is 0 Å². The maximum absolute atomic E-state index is 13.6. The molecule has 0 unspecified atom stereocenters. The zero-order valence-corrected chi connectivity index (χ0v) is 10.7. The Labute approximate surface area is 114 Å². The van der Waals surface area contributed by atoms with Crippen LogP contribution in [0.1, 0.15) is 23.0 Å². The zero-order chi connectivity index (χ0) is 14.7.